The number of rotatable bonds is 2. The van der Waals surface area contributed by atoms with Crippen molar-refractivity contribution in [3.8, 4) is 0 Å². The Kier molecular flexibility index (Phi) is 3.47. The molecule has 1 aliphatic carbocycles. The number of likely N-dealkylation sites (tertiary alicyclic amines) is 1. The Bertz CT molecular complexity index is 661. The number of aromatic nitrogens is 2. The molecule has 1 aromatic carbocycles. The third-order valence-corrected chi connectivity index (χ3v) is 5.06. The van der Waals surface area contributed by atoms with Crippen LogP contribution in [-0.2, 0) is 6.42 Å². The second-order valence-corrected chi connectivity index (χ2v) is 6.41. The molecule has 0 radical (unpaired) electrons. The van der Waals surface area contributed by atoms with Crippen LogP contribution in [0.25, 0.3) is 0 Å². The van der Waals surface area contributed by atoms with E-state index in [-0.39, 0.29) is 12.1 Å². The van der Waals surface area contributed by atoms with E-state index in [1.165, 1.54) is 5.56 Å². The van der Waals surface area contributed by atoms with E-state index in [1.807, 2.05) is 19.1 Å². The molecule has 116 valence electrons. The summed E-state index contributed by atoms with van der Waals surface area (Å²) in [4.78, 5) is 6.78. The van der Waals surface area contributed by atoms with E-state index in [9.17, 15) is 5.11 Å². The molecule has 1 aromatic heterocycles. The smallest absolute Gasteiger partial charge is 0.229 e. The summed E-state index contributed by atoms with van der Waals surface area (Å²) in [5.74, 6) is 1.84. The zero-order chi connectivity index (χ0) is 15.1. The van der Waals surface area contributed by atoms with Crippen molar-refractivity contribution in [3.63, 3.8) is 0 Å². The second kappa shape index (κ2) is 5.48. The molecule has 2 aromatic rings. The fraction of sp³-hybridized carbons (Fsp3) is 0.529. The Balaban J connectivity index is 1.42. The molecule has 1 N–H and O–H groups in total. The molecule has 0 amide bonds. The molecule has 1 aliphatic heterocycles. The van der Waals surface area contributed by atoms with Crippen molar-refractivity contribution in [1.82, 2.24) is 15.0 Å². The van der Waals surface area contributed by atoms with Gasteiger partial charge in [-0.05, 0) is 50.4 Å². The first-order valence-electron chi connectivity index (χ1n) is 8.02. The maximum Gasteiger partial charge on any atom is 0.229 e. The SMILES string of the molecule is Cc1noc(C2CCN(C3Cc4ccccc4C3O)CC2)n1. The van der Waals surface area contributed by atoms with Crippen LogP contribution in [0.1, 0.15) is 47.7 Å². The standard InChI is InChI=1S/C17H21N3O2/c1-11-18-17(22-19-11)12-6-8-20(9-7-12)15-10-13-4-2-3-5-14(13)16(15)21/h2-5,12,15-16,21H,6-10H2,1H3. The Morgan fingerprint density at radius 1 is 1.23 bits per heavy atom. The average Bonchev–Trinajstić information content (AvgIpc) is 3.12. The zero-order valence-electron chi connectivity index (χ0n) is 12.8. The molecule has 4 rings (SSSR count). The lowest BCUT2D eigenvalue weighted by Crippen LogP contribution is -2.43. The van der Waals surface area contributed by atoms with E-state index in [1.54, 1.807) is 0 Å². The Morgan fingerprint density at radius 3 is 2.68 bits per heavy atom. The molecule has 22 heavy (non-hydrogen) atoms. The molecule has 5 nitrogen and oxygen atoms in total. The van der Waals surface area contributed by atoms with Crippen LogP contribution in [0.2, 0.25) is 0 Å². The van der Waals surface area contributed by atoms with Gasteiger partial charge in [-0.25, -0.2) is 0 Å². The van der Waals surface area contributed by atoms with Crippen molar-refractivity contribution >= 4 is 0 Å². The third kappa shape index (κ3) is 2.34. The highest BCUT2D eigenvalue weighted by atomic mass is 16.5. The zero-order valence-corrected chi connectivity index (χ0v) is 12.8. The first-order valence-corrected chi connectivity index (χ1v) is 8.02. The lowest BCUT2D eigenvalue weighted by atomic mass is 9.94. The fourth-order valence-electron chi connectivity index (χ4n) is 3.84. The molecule has 1 saturated heterocycles. The van der Waals surface area contributed by atoms with E-state index >= 15 is 0 Å². The molecule has 2 heterocycles. The van der Waals surface area contributed by atoms with Gasteiger partial charge < -0.3 is 9.63 Å². The average molecular weight is 299 g/mol. The Morgan fingerprint density at radius 2 is 2.00 bits per heavy atom. The van der Waals surface area contributed by atoms with E-state index in [4.69, 9.17) is 4.52 Å². The highest BCUT2D eigenvalue weighted by molar-refractivity contribution is 5.36. The highest BCUT2D eigenvalue weighted by Crippen LogP contribution is 2.37. The molecule has 1 fully saturated rings. The molecular weight excluding hydrogens is 278 g/mol. The Hall–Kier alpha value is -1.72. The molecule has 2 atom stereocenters. The molecule has 0 saturated carbocycles. The summed E-state index contributed by atoms with van der Waals surface area (Å²) in [7, 11) is 0. The van der Waals surface area contributed by atoms with Crippen LogP contribution in [0.3, 0.4) is 0 Å². The number of aryl methyl sites for hydroxylation is 1. The number of fused-ring (bicyclic) bond motifs is 1. The van der Waals surface area contributed by atoms with Gasteiger partial charge in [0.2, 0.25) is 5.89 Å². The van der Waals surface area contributed by atoms with Crippen LogP contribution in [-0.4, -0.2) is 39.3 Å². The molecule has 5 heteroatoms. The van der Waals surface area contributed by atoms with Crippen LogP contribution in [0.15, 0.2) is 28.8 Å². The monoisotopic (exact) mass is 299 g/mol. The number of hydrogen-bond donors (Lipinski definition) is 1. The van der Waals surface area contributed by atoms with Gasteiger partial charge in [0.1, 0.15) is 0 Å². The fourth-order valence-corrected chi connectivity index (χ4v) is 3.84. The summed E-state index contributed by atoms with van der Waals surface area (Å²) < 4.78 is 5.31. The quantitative estimate of drug-likeness (QED) is 0.921. The van der Waals surface area contributed by atoms with E-state index < -0.39 is 0 Å². The van der Waals surface area contributed by atoms with Crippen molar-refractivity contribution in [2.24, 2.45) is 0 Å². The summed E-state index contributed by atoms with van der Waals surface area (Å²) in [6.45, 7) is 3.80. The van der Waals surface area contributed by atoms with Crippen LogP contribution < -0.4 is 0 Å². The van der Waals surface area contributed by atoms with Crippen molar-refractivity contribution in [2.75, 3.05) is 13.1 Å². The molecule has 0 bridgehead atoms. The summed E-state index contributed by atoms with van der Waals surface area (Å²) >= 11 is 0. The van der Waals surface area contributed by atoms with Crippen LogP contribution in [0.4, 0.5) is 0 Å². The van der Waals surface area contributed by atoms with Gasteiger partial charge in [0.25, 0.3) is 0 Å². The maximum atomic E-state index is 10.6. The minimum Gasteiger partial charge on any atom is -0.387 e. The largest absolute Gasteiger partial charge is 0.387 e. The summed E-state index contributed by atoms with van der Waals surface area (Å²) in [6, 6.07) is 8.45. The number of aliphatic hydroxyl groups is 1. The minimum atomic E-state index is -0.363. The summed E-state index contributed by atoms with van der Waals surface area (Å²) in [5.41, 5.74) is 2.39. The van der Waals surface area contributed by atoms with Gasteiger partial charge in [-0.3, -0.25) is 4.90 Å². The number of benzene rings is 1. The van der Waals surface area contributed by atoms with Crippen LogP contribution >= 0.6 is 0 Å². The highest BCUT2D eigenvalue weighted by Gasteiger charge is 2.37. The van der Waals surface area contributed by atoms with Crippen LogP contribution in [0, 0.1) is 6.92 Å². The maximum absolute atomic E-state index is 10.6. The van der Waals surface area contributed by atoms with E-state index in [2.05, 4.69) is 27.2 Å². The van der Waals surface area contributed by atoms with Gasteiger partial charge >= 0.3 is 0 Å². The van der Waals surface area contributed by atoms with Gasteiger partial charge in [-0.1, -0.05) is 29.4 Å². The predicted molar refractivity (Wildman–Crippen MR) is 81.5 cm³/mol. The normalized spacial score (nSPS) is 26.3. The van der Waals surface area contributed by atoms with Crippen LogP contribution in [0.5, 0.6) is 0 Å². The Labute approximate surface area is 130 Å². The van der Waals surface area contributed by atoms with E-state index in [0.29, 0.717) is 11.7 Å². The van der Waals surface area contributed by atoms with Gasteiger partial charge in [-0.2, -0.15) is 4.98 Å². The molecule has 2 aliphatic rings. The van der Waals surface area contributed by atoms with Crippen molar-refractivity contribution in [3.05, 3.63) is 47.1 Å². The number of piperidine rings is 1. The number of aliphatic hydroxyl groups excluding tert-OH is 1. The second-order valence-electron chi connectivity index (χ2n) is 6.41. The van der Waals surface area contributed by atoms with Crippen molar-refractivity contribution in [2.45, 2.75) is 44.2 Å². The van der Waals surface area contributed by atoms with Gasteiger partial charge in [0.05, 0.1) is 6.10 Å². The first-order chi connectivity index (χ1) is 10.7. The minimum absolute atomic E-state index is 0.211. The lowest BCUT2D eigenvalue weighted by Gasteiger charge is -2.36. The van der Waals surface area contributed by atoms with Gasteiger partial charge in [0.15, 0.2) is 5.82 Å². The third-order valence-electron chi connectivity index (χ3n) is 5.06. The summed E-state index contributed by atoms with van der Waals surface area (Å²) in [6.07, 6.45) is 2.61. The predicted octanol–water partition coefficient (Wildman–Crippen LogP) is 2.22. The van der Waals surface area contributed by atoms with Gasteiger partial charge in [-0.15, -0.1) is 0 Å². The topological polar surface area (TPSA) is 62.4 Å². The first kappa shape index (κ1) is 13.9. The van der Waals surface area contributed by atoms with E-state index in [0.717, 1.165) is 43.8 Å². The van der Waals surface area contributed by atoms with Crippen molar-refractivity contribution in [1.29, 1.82) is 0 Å². The molecular formula is C17H21N3O2. The van der Waals surface area contributed by atoms with Gasteiger partial charge in [0, 0.05) is 12.0 Å². The van der Waals surface area contributed by atoms with Crippen molar-refractivity contribution < 1.29 is 9.63 Å². The molecule has 0 spiro atoms. The summed E-state index contributed by atoms with van der Waals surface area (Å²) in [5, 5.41) is 14.5. The number of nitrogens with zero attached hydrogens (tertiary/aromatic N) is 3. The lowest BCUT2D eigenvalue weighted by molar-refractivity contribution is 0.0436. The number of hydrogen-bond acceptors (Lipinski definition) is 5. The molecule has 2 unspecified atom stereocenters.